The molecule has 0 saturated heterocycles. The molecule has 1 atom stereocenters. The Bertz CT molecular complexity index is 766. The molecule has 1 aliphatic rings. The van der Waals surface area contributed by atoms with Gasteiger partial charge in [0.25, 0.3) is 0 Å². The average molecular weight is 420 g/mol. The number of fused-ring (bicyclic) bond motifs is 1. The van der Waals surface area contributed by atoms with Crippen molar-refractivity contribution in [2.75, 3.05) is 34.4 Å². The Hall–Kier alpha value is -1.78. The summed E-state index contributed by atoms with van der Waals surface area (Å²) in [5, 5.41) is 0.864. The van der Waals surface area contributed by atoms with Crippen molar-refractivity contribution in [3.8, 4) is 11.5 Å². The van der Waals surface area contributed by atoms with Crippen molar-refractivity contribution in [3.63, 3.8) is 0 Å². The molecular weight excluding hydrogens is 386 g/mol. The fraction of sp³-hybridized carbons (Fsp3) is 0.542. The van der Waals surface area contributed by atoms with Crippen LogP contribution in [0.5, 0.6) is 11.5 Å². The predicted molar refractivity (Wildman–Crippen MR) is 120 cm³/mol. The molecule has 0 N–H and O–H groups in total. The molecule has 0 spiro atoms. The molecule has 0 aromatic heterocycles. The van der Waals surface area contributed by atoms with E-state index in [0.717, 1.165) is 61.4 Å². The number of hydrogen-bond acceptors (Lipinski definition) is 4. The van der Waals surface area contributed by atoms with Crippen molar-refractivity contribution < 1.29 is 14.3 Å². The number of nitrogens with zero attached hydrogens (tertiary/aromatic N) is 1. The first-order chi connectivity index (χ1) is 13.9. The van der Waals surface area contributed by atoms with Crippen LogP contribution >= 0.6 is 11.6 Å². The number of halogens is 1. The Kier molecular flexibility index (Phi) is 9.25. The highest BCUT2D eigenvalue weighted by molar-refractivity contribution is 6.29. The standard InChI is InChI=1S/C24H34ClNO3/c1-6-7-9-18(17(2)25)11-13-26(3)12-8-10-19-14-20-15-22(28-4)23(29-5)16-21(20)24(19)27/h7,9,15-16,19H,6,8,10-14H2,1-5H3/b9-7-,18-17-. The Labute approximate surface area is 180 Å². The van der Waals surface area contributed by atoms with E-state index in [1.54, 1.807) is 14.2 Å². The van der Waals surface area contributed by atoms with Crippen LogP contribution in [0.2, 0.25) is 0 Å². The molecule has 0 fully saturated rings. The van der Waals surface area contributed by atoms with E-state index in [1.807, 2.05) is 19.1 Å². The molecule has 2 rings (SSSR count). The van der Waals surface area contributed by atoms with Crippen LogP contribution in [0.3, 0.4) is 0 Å². The lowest BCUT2D eigenvalue weighted by atomic mass is 9.99. The predicted octanol–water partition coefficient (Wildman–Crippen LogP) is 5.64. The van der Waals surface area contributed by atoms with Gasteiger partial charge in [-0.05, 0) is 75.9 Å². The van der Waals surface area contributed by atoms with Crippen LogP contribution in [-0.2, 0) is 6.42 Å². The summed E-state index contributed by atoms with van der Waals surface area (Å²) in [6.07, 6.45) is 8.92. The van der Waals surface area contributed by atoms with Crippen LogP contribution in [0, 0.1) is 5.92 Å². The minimum absolute atomic E-state index is 0.0586. The fourth-order valence-corrected chi connectivity index (χ4v) is 3.95. The monoisotopic (exact) mass is 419 g/mol. The summed E-state index contributed by atoms with van der Waals surface area (Å²) in [6.45, 7) is 6.00. The zero-order valence-electron chi connectivity index (χ0n) is 18.4. The van der Waals surface area contributed by atoms with Gasteiger partial charge in [0, 0.05) is 23.1 Å². The van der Waals surface area contributed by atoms with Gasteiger partial charge in [0.05, 0.1) is 14.2 Å². The maximum atomic E-state index is 12.8. The topological polar surface area (TPSA) is 38.8 Å². The van der Waals surface area contributed by atoms with Crippen LogP contribution in [0.15, 0.2) is 34.9 Å². The van der Waals surface area contributed by atoms with E-state index in [2.05, 4.69) is 31.0 Å². The minimum Gasteiger partial charge on any atom is -0.493 e. The molecule has 0 amide bonds. The second-order valence-corrected chi connectivity index (χ2v) is 8.26. The first-order valence-electron chi connectivity index (χ1n) is 10.4. The molecule has 0 bridgehead atoms. The molecule has 1 aliphatic carbocycles. The fourth-order valence-electron chi connectivity index (χ4n) is 3.79. The van der Waals surface area contributed by atoms with Gasteiger partial charge in [-0.25, -0.2) is 0 Å². The van der Waals surface area contributed by atoms with Gasteiger partial charge in [-0.15, -0.1) is 0 Å². The van der Waals surface area contributed by atoms with Crippen LogP contribution in [0.4, 0.5) is 0 Å². The van der Waals surface area contributed by atoms with Crippen LogP contribution in [-0.4, -0.2) is 45.0 Å². The lowest BCUT2D eigenvalue weighted by Gasteiger charge is -2.18. The maximum Gasteiger partial charge on any atom is 0.166 e. The smallest absolute Gasteiger partial charge is 0.166 e. The molecule has 1 aromatic rings. The van der Waals surface area contributed by atoms with E-state index >= 15 is 0 Å². The zero-order valence-corrected chi connectivity index (χ0v) is 19.1. The van der Waals surface area contributed by atoms with Crippen LogP contribution < -0.4 is 9.47 Å². The third-order valence-corrected chi connectivity index (χ3v) is 5.81. The summed E-state index contributed by atoms with van der Waals surface area (Å²) in [5.41, 5.74) is 3.06. The van der Waals surface area contributed by atoms with Crippen molar-refractivity contribution >= 4 is 17.4 Å². The lowest BCUT2D eigenvalue weighted by Crippen LogP contribution is -2.22. The molecule has 5 heteroatoms. The second-order valence-electron chi connectivity index (χ2n) is 7.69. The SMILES string of the molecule is CC/C=C\C(CCN(C)CCCC1Cc2cc(OC)c(OC)cc2C1=O)=C(/C)Cl. The van der Waals surface area contributed by atoms with Crippen molar-refractivity contribution in [2.24, 2.45) is 5.92 Å². The van der Waals surface area contributed by atoms with Gasteiger partial charge >= 0.3 is 0 Å². The maximum absolute atomic E-state index is 12.8. The number of benzene rings is 1. The van der Waals surface area contributed by atoms with Gasteiger partial charge in [-0.3, -0.25) is 4.79 Å². The highest BCUT2D eigenvalue weighted by Gasteiger charge is 2.31. The Morgan fingerprint density at radius 1 is 1.24 bits per heavy atom. The van der Waals surface area contributed by atoms with Crippen molar-refractivity contribution in [3.05, 3.63) is 46.0 Å². The average Bonchev–Trinajstić information content (AvgIpc) is 3.01. The Balaban J connectivity index is 1.84. The number of hydrogen-bond donors (Lipinski definition) is 0. The third kappa shape index (κ3) is 6.35. The van der Waals surface area contributed by atoms with Crippen molar-refractivity contribution in [1.29, 1.82) is 0 Å². The van der Waals surface area contributed by atoms with E-state index in [1.165, 1.54) is 5.57 Å². The highest BCUT2D eigenvalue weighted by Crippen LogP contribution is 2.37. The van der Waals surface area contributed by atoms with Crippen molar-refractivity contribution in [2.45, 2.75) is 46.0 Å². The quantitative estimate of drug-likeness (QED) is 0.435. The number of methoxy groups -OCH3 is 2. The molecule has 4 nitrogen and oxygen atoms in total. The number of carbonyl (C=O) groups is 1. The van der Waals surface area contributed by atoms with Gasteiger partial charge in [0.1, 0.15) is 0 Å². The summed E-state index contributed by atoms with van der Waals surface area (Å²) in [7, 11) is 5.35. The third-order valence-electron chi connectivity index (χ3n) is 5.56. The van der Waals surface area contributed by atoms with E-state index in [4.69, 9.17) is 21.1 Å². The number of carbonyl (C=O) groups excluding carboxylic acids is 1. The molecule has 0 radical (unpaired) electrons. The molecule has 0 saturated carbocycles. The summed E-state index contributed by atoms with van der Waals surface area (Å²) in [5.74, 6) is 1.60. The number of allylic oxidation sites excluding steroid dienone is 3. The van der Waals surface area contributed by atoms with Gasteiger partial charge < -0.3 is 14.4 Å². The zero-order chi connectivity index (χ0) is 21.4. The molecular formula is C24H34ClNO3. The highest BCUT2D eigenvalue weighted by atomic mass is 35.5. The largest absolute Gasteiger partial charge is 0.493 e. The summed E-state index contributed by atoms with van der Waals surface area (Å²) in [4.78, 5) is 15.1. The Morgan fingerprint density at radius 3 is 2.55 bits per heavy atom. The number of rotatable bonds is 11. The summed E-state index contributed by atoms with van der Waals surface area (Å²) < 4.78 is 10.7. The summed E-state index contributed by atoms with van der Waals surface area (Å²) in [6, 6.07) is 3.78. The van der Waals surface area contributed by atoms with E-state index < -0.39 is 0 Å². The van der Waals surface area contributed by atoms with Gasteiger partial charge in [0.15, 0.2) is 17.3 Å². The summed E-state index contributed by atoms with van der Waals surface area (Å²) >= 11 is 6.21. The number of Topliss-reactive ketones (excluding diaryl/α,β-unsaturated/α-hetero) is 1. The number of ether oxygens (including phenoxy) is 2. The van der Waals surface area contributed by atoms with E-state index in [-0.39, 0.29) is 11.7 Å². The van der Waals surface area contributed by atoms with Crippen molar-refractivity contribution in [1.82, 2.24) is 4.90 Å². The van der Waals surface area contributed by atoms with E-state index in [0.29, 0.717) is 11.5 Å². The lowest BCUT2D eigenvalue weighted by molar-refractivity contribution is 0.0927. The van der Waals surface area contributed by atoms with Gasteiger partial charge in [0.2, 0.25) is 0 Å². The molecule has 1 unspecified atom stereocenters. The molecule has 160 valence electrons. The first-order valence-corrected chi connectivity index (χ1v) is 10.8. The van der Waals surface area contributed by atoms with Crippen LogP contribution in [0.25, 0.3) is 0 Å². The van der Waals surface area contributed by atoms with Crippen LogP contribution in [0.1, 0.15) is 55.5 Å². The van der Waals surface area contributed by atoms with Gasteiger partial charge in [-0.1, -0.05) is 30.7 Å². The van der Waals surface area contributed by atoms with Gasteiger partial charge in [-0.2, -0.15) is 0 Å². The molecule has 29 heavy (non-hydrogen) atoms. The Morgan fingerprint density at radius 2 is 1.93 bits per heavy atom. The molecule has 0 heterocycles. The first kappa shape index (κ1) is 23.5. The number of ketones is 1. The second kappa shape index (κ2) is 11.4. The minimum atomic E-state index is 0.0586. The molecule has 0 aliphatic heterocycles. The normalized spacial score (nSPS) is 17.1. The molecule has 1 aromatic carbocycles. The van der Waals surface area contributed by atoms with E-state index in [9.17, 15) is 4.79 Å².